The lowest BCUT2D eigenvalue weighted by Crippen LogP contribution is -2.66. The molecule has 19 heavy (non-hydrogen) atoms. The van der Waals surface area contributed by atoms with Crippen molar-refractivity contribution in [1.29, 1.82) is 0 Å². The van der Waals surface area contributed by atoms with Crippen LogP contribution in [0.15, 0.2) is 0 Å². The van der Waals surface area contributed by atoms with Gasteiger partial charge in [-0.3, -0.25) is 4.79 Å². The molecule has 0 aromatic carbocycles. The second kappa shape index (κ2) is 4.54. The number of rotatable bonds is 3. The fourth-order valence-electron chi connectivity index (χ4n) is 4.88. The monoisotopic (exact) mass is 286 g/mol. The van der Waals surface area contributed by atoms with Gasteiger partial charge >= 0.3 is 6.09 Å². The highest BCUT2D eigenvalue weighted by atomic mass is 35.5. The Labute approximate surface area is 117 Å². The molecule has 0 heterocycles. The Morgan fingerprint density at radius 3 is 2.37 bits per heavy atom. The van der Waals surface area contributed by atoms with Crippen LogP contribution in [0.5, 0.6) is 0 Å². The summed E-state index contributed by atoms with van der Waals surface area (Å²) >= 11 is 5.59. The standard InChI is InChI=1S/C13H19ClN2O3/c14-6-10(17)16-13-3-7-1-8(4-13)11(15-12(18)19)9(2-7)5-13/h7-9,11,15H,1-6H2,(H,16,17)(H,18,19)/t7?,8-,9+,11?,13?. The Kier molecular flexibility index (Phi) is 3.12. The molecule has 4 saturated carbocycles. The van der Waals surface area contributed by atoms with Crippen molar-refractivity contribution < 1.29 is 14.7 Å². The van der Waals surface area contributed by atoms with Gasteiger partial charge < -0.3 is 15.7 Å². The molecule has 0 spiro atoms. The molecule has 0 saturated heterocycles. The Morgan fingerprint density at radius 1 is 1.21 bits per heavy atom. The number of halogens is 1. The van der Waals surface area contributed by atoms with Gasteiger partial charge in [-0.05, 0) is 49.9 Å². The lowest BCUT2D eigenvalue weighted by Gasteiger charge is -2.60. The minimum absolute atomic E-state index is 0.00143. The van der Waals surface area contributed by atoms with Gasteiger partial charge in [-0.1, -0.05) is 0 Å². The molecular formula is C13H19ClN2O3. The minimum atomic E-state index is -0.934. The second-order valence-electron chi connectivity index (χ2n) is 6.41. The summed E-state index contributed by atoms with van der Waals surface area (Å²) in [5.74, 6) is 1.24. The largest absolute Gasteiger partial charge is 0.465 e. The highest BCUT2D eigenvalue weighted by Gasteiger charge is 2.56. The SMILES string of the molecule is O=C(O)NC1[C@@H]2CC3C[C@H]1CC(NC(=O)CCl)(C3)C2. The smallest absolute Gasteiger partial charge is 0.404 e. The average Bonchev–Trinajstić information content (AvgIpc) is 2.32. The van der Waals surface area contributed by atoms with Gasteiger partial charge in [0, 0.05) is 11.6 Å². The van der Waals surface area contributed by atoms with E-state index < -0.39 is 6.09 Å². The summed E-state index contributed by atoms with van der Waals surface area (Å²) in [6.07, 6.45) is 4.03. The van der Waals surface area contributed by atoms with Crippen LogP contribution < -0.4 is 10.6 Å². The molecule has 5 atom stereocenters. The van der Waals surface area contributed by atoms with Crippen LogP contribution >= 0.6 is 11.6 Å². The number of amides is 2. The first kappa shape index (κ1) is 13.0. The molecule has 4 fully saturated rings. The van der Waals surface area contributed by atoms with E-state index in [1.54, 1.807) is 0 Å². The van der Waals surface area contributed by atoms with Gasteiger partial charge in [-0.25, -0.2) is 4.79 Å². The van der Waals surface area contributed by atoms with Crippen LogP contribution in [0.3, 0.4) is 0 Å². The molecule has 3 N–H and O–H groups in total. The van der Waals surface area contributed by atoms with E-state index in [2.05, 4.69) is 10.6 Å². The van der Waals surface area contributed by atoms with Gasteiger partial charge in [0.1, 0.15) is 5.88 Å². The lowest BCUT2D eigenvalue weighted by molar-refractivity contribution is -0.125. The summed E-state index contributed by atoms with van der Waals surface area (Å²) in [4.78, 5) is 22.5. The van der Waals surface area contributed by atoms with Crippen molar-refractivity contribution in [2.75, 3.05) is 5.88 Å². The number of carbonyl (C=O) groups excluding carboxylic acids is 1. The molecule has 4 bridgehead atoms. The van der Waals surface area contributed by atoms with Crippen molar-refractivity contribution in [3.05, 3.63) is 0 Å². The fourth-order valence-corrected chi connectivity index (χ4v) is 4.95. The fraction of sp³-hybridized carbons (Fsp3) is 0.846. The third-order valence-corrected chi connectivity index (χ3v) is 5.33. The van der Waals surface area contributed by atoms with Crippen LogP contribution in [0.25, 0.3) is 0 Å². The summed E-state index contributed by atoms with van der Waals surface area (Å²) in [6.45, 7) is 0. The molecule has 2 amide bonds. The summed E-state index contributed by atoms with van der Waals surface area (Å²) in [5, 5.41) is 14.7. The van der Waals surface area contributed by atoms with Gasteiger partial charge in [0.05, 0.1) is 0 Å². The maximum atomic E-state index is 11.6. The van der Waals surface area contributed by atoms with E-state index in [1.165, 1.54) is 0 Å². The van der Waals surface area contributed by atoms with Crippen molar-refractivity contribution in [1.82, 2.24) is 10.6 Å². The van der Waals surface area contributed by atoms with E-state index in [0.717, 1.165) is 32.1 Å². The normalized spacial score (nSPS) is 43.0. The maximum Gasteiger partial charge on any atom is 0.404 e. The van der Waals surface area contributed by atoms with Crippen molar-refractivity contribution in [2.45, 2.75) is 43.7 Å². The van der Waals surface area contributed by atoms with E-state index in [9.17, 15) is 9.59 Å². The van der Waals surface area contributed by atoms with Crippen LogP contribution in [0.2, 0.25) is 0 Å². The van der Waals surface area contributed by atoms with Gasteiger partial charge in [0.2, 0.25) is 5.91 Å². The molecule has 5 nitrogen and oxygen atoms in total. The predicted molar refractivity (Wildman–Crippen MR) is 70.1 cm³/mol. The molecule has 6 heteroatoms. The first-order chi connectivity index (χ1) is 9.01. The molecule has 4 aliphatic rings. The van der Waals surface area contributed by atoms with E-state index in [-0.39, 0.29) is 23.4 Å². The summed E-state index contributed by atoms with van der Waals surface area (Å²) in [5.41, 5.74) is -0.126. The summed E-state index contributed by atoms with van der Waals surface area (Å²) < 4.78 is 0. The van der Waals surface area contributed by atoms with Crippen molar-refractivity contribution in [2.24, 2.45) is 17.8 Å². The van der Waals surface area contributed by atoms with Crippen LogP contribution in [0.4, 0.5) is 4.79 Å². The Hall–Kier alpha value is -0.970. The Bertz CT molecular complexity index is 399. The number of carboxylic acid groups (broad SMARTS) is 1. The number of carbonyl (C=O) groups is 2. The minimum Gasteiger partial charge on any atom is -0.465 e. The van der Waals surface area contributed by atoms with Crippen LogP contribution in [0.1, 0.15) is 32.1 Å². The van der Waals surface area contributed by atoms with E-state index in [0.29, 0.717) is 17.8 Å². The number of alkyl halides is 1. The van der Waals surface area contributed by atoms with Gasteiger partial charge in [-0.2, -0.15) is 0 Å². The highest BCUT2D eigenvalue weighted by Crippen LogP contribution is 2.55. The molecule has 0 aromatic heterocycles. The average molecular weight is 287 g/mol. The molecule has 4 rings (SSSR count). The number of hydrogen-bond donors (Lipinski definition) is 3. The van der Waals surface area contributed by atoms with Gasteiger partial charge in [0.25, 0.3) is 0 Å². The molecule has 106 valence electrons. The Balaban J connectivity index is 1.76. The molecule has 3 unspecified atom stereocenters. The third-order valence-electron chi connectivity index (χ3n) is 5.09. The summed E-state index contributed by atoms with van der Waals surface area (Å²) in [6, 6.07) is 0.0649. The van der Waals surface area contributed by atoms with Crippen LogP contribution in [-0.2, 0) is 4.79 Å². The highest BCUT2D eigenvalue weighted by molar-refractivity contribution is 6.27. The second-order valence-corrected chi connectivity index (χ2v) is 6.67. The van der Waals surface area contributed by atoms with Crippen molar-refractivity contribution in [3.63, 3.8) is 0 Å². The predicted octanol–water partition coefficient (Wildman–Crippen LogP) is 1.56. The molecular weight excluding hydrogens is 268 g/mol. The lowest BCUT2D eigenvalue weighted by atomic mass is 9.51. The van der Waals surface area contributed by atoms with Crippen molar-refractivity contribution >= 4 is 23.6 Å². The molecule has 0 radical (unpaired) electrons. The Morgan fingerprint density at radius 2 is 1.84 bits per heavy atom. The first-order valence-electron chi connectivity index (χ1n) is 6.88. The van der Waals surface area contributed by atoms with E-state index in [1.807, 2.05) is 0 Å². The van der Waals surface area contributed by atoms with E-state index >= 15 is 0 Å². The molecule has 0 aromatic rings. The zero-order valence-corrected chi connectivity index (χ0v) is 11.4. The maximum absolute atomic E-state index is 11.6. The van der Waals surface area contributed by atoms with Crippen molar-refractivity contribution in [3.8, 4) is 0 Å². The number of nitrogens with one attached hydrogen (secondary N) is 2. The number of hydrogen-bond acceptors (Lipinski definition) is 2. The molecule has 0 aliphatic heterocycles. The zero-order chi connectivity index (χ0) is 13.6. The third kappa shape index (κ3) is 2.29. The molecule has 4 aliphatic carbocycles. The van der Waals surface area contributed by atoms with Crippen LogP contribution in [0, 0.1) is 17.8 Å². The van der Waals surface area contributed by atoms with Gasteiger partial charge in [-0.15, -0.1) is 11.6 Å². The quantitative estimate of drug-likeness (QED) is 0.689. The van der Waals surface area contributed by atoms with E-state index in [4.69, 9.17) is 16.7 Å². The zero-order valence-electron chi connectivity index (χ0n) is 10.7. The topological polar surface area (TPSA) is 78.4 Å². The summed E-state index contributed by atoms with van der Waals surface area (Å²) in [7, 11) is 0. The van der Waals surface area contributed by atoms with Crippen LogP contribution in [-0.4, -0.2) is 34.6 Å². The first-order valence-corrected chi connectivity index (χ1v) is 7.41. The van der Waals surface area contributed by atoms with Gasteiger partial charge in [0.15, 0.2) is 0 Å².